The van der Waals surface area contributed by atoms with Gasteiger partial charge in [-0.2, -0.15) is 0 Å². The standard InChI is InChI=1S/C22H29N3O3/c1-16(2)20(26)25-12-8-11-22(15-25,21(27)24(3)4)14-18-13-19(23-28-18)17-9-6-5-7-10-17/h5-7,9-10,13,16H,8,11-12,14-15H2,1-4H3/t22-/m1/s1. The van der Waals surface area contributed by atoms with E-state index < -0.39 is 5.41 Å². The molecule has 2 aromatic rings. The molecule has 1 aromatic heterocycles. The minimum Gasteiger partial charge on any atom is -0.361 e. The predicted molar refractivity (Wildman–Crippen MR) is 107 cm³/mol. The van der Waals surface area contributed by atoms with Crippen molar-refractivity contribution >= 4 is 11.8 Å². The molecule has 0 radical (unpaired) electrons. The Hall–Kier alpha value is -2.63. The number of nitrogens with zero attached hydrogens (tertiary/aromatic N) is 3. The SMILES string of the molecule is CC(C)C(=O)N1CCC[C@](Cc2cc(-c3ccccc3)no2)(C(=O)N(C)C)C1. The third kappa shape index (κ3) is 4.11. The summed E-state index contributed by atoms with van der Waals surface area (Å²) in [5.74, 6) is 0.720. The Kier molecular flexibility index (Phi) is 5.87. The normalized spacial score (nSPS) is 19.7. The first kappa shape index (κ1) is 20.1. The van der Waals surface area contributed by atoms with Crippen LogP contribution < -0.4 is 0 Å². The predicted octanol–water partition coefficient (Wildman–Crippen LogP) is 3.24. The van der Waals surface area contributed by atoms with Crippen LogP contribution in [0.15, 0.2) is 40.9 Å². The number of hydrogen-bond donors (Lipinski definition) is 0. The minimum atomic E-state index is -0.681. The molecule has 0 aliphatic carbocycles. The number of likely N-dealkylation sites (tertiary alicyclic amines) is 1. The molecule has 1 aliphatic rings. The zero-order valence-corrected chi connectivity index (χ0v) is 17.1. The van der Waals surface area contributed by atoms with Crippen LogP contribution in [0.4, 0.5) is 0 Å². The molecule has 28 heavy (non-hydrogen) atoms. The quantitative estimate of drug-likeness (QED) is 0.795. The fraction of sp³-hybridized carbons (Fsp3) is 0.500. The van der Waals surface area contributed by atoms with Gasteiger partial charge in [0, 0.05) is 51.2 Å². The van der Waals surface area contributed by atoms with E-state index in [1.165, 1.54) is 0 Å². The molecule has 0 spiro atoms. The van der Waals surface area contributed by atoms with E-state index in [9.17, 15) is 9.59 Å². The van der Waals surface area contributed by atoms with Gasteiger partial charge in [-0.3, -0.25) is 9.59 Å². The van der Waals surface area contributed by atoms with Crippen molar-refractivity contribution in [3.8, 4) is 11.3 Å². The lowest BCUT2D eigenvalue weighted by molar-refractivity contribution is -0.148. The van der Waals surface area contributed by atoms with Crippen LogP contribution in [0.1, 0.15) is 32.4 Å². The summed E-state index contributed by atoms with van der Waals surface area (Å²) in [5, 5.41) is 4.19. The van der Waals surface area contributed by atoms with Crippen LogP contribution in [-0.4, -0.2) is 54.0 Å². The second-order valence-corrected chi connectivity index (χ2v) is 8.22. The maximum absolute atomic E-state index is 13.2. The van der Waals surface area contributed by atoms with E-state index in [1.54, 1.807) is 19.0 Å². The number of hydrogen-bond acceptors (Lipinski definition) is 4. The highest BCUT2D eigenvalue weighted by atomic mass is 16.5. The summed E-state index contributed by atoms with van der Waals surface area (Å²) in [5.41, 5.74) is 1.06. The van der Waals surface area contributed by atoms with Crippen LogP contribution >= 0.6 is 0 Å². The van der Waals surface area contributed by atoms with Crippen molar-refractivity contribution in [1.29, 1.82) is 0 Å². The average molecular weight is 383 g/mol. The Morgan fingerprint density at radius 1 is 1.25 bits per heavy atom. The van der Waals surface area contributed by atoms with Gasteiger partial charge in [0.15, 0.2) is 0 Å². The summed E-state index contributed by atoms with van der Waals surface area (Å²) < 4.78 is 5.60. The van der Waals surface area contributed by atoms with Crippen molar-refractivity contribution in [2.45, 2.75) is 33.1 Å². The number of carbonyl (C=O) groups excluding carboxylic acids is 2. The molecule has 6 heteroatoms. The van der Waals surface area contributed by atoms with Gasteiger partial charge in [-0.1, -0.05) is 49.3 Å². The second kappa shape index (κ2) is 8.17. The lowest BCUT2D eigenvalue weighted by Crippen LogP contribution is -2.54. The Morgan fingerprint density at radius 3 is 2.61 bits per heavy atom. The lowest BCUT2D eigenvalue weighted by Gasteiger charge is -2.43. The first-order valence-corrected chi connectivity index (χ1v) is 9.84. The molecule has 150 valence electrons. The first-order chi connectivity index (χ1) is 13.3. The van der Waals surface area contributed by atoms with E-state index in [0.29, 0.717) is 25.3 Å². The molecule has 0 bridgehead atoms. The van der Waals surface area contributed by atoms with Gasteiger partial charge in [-0.25, -0.2) is 0 Å². The summed E-state index contributed by atoms with van der Waals surface area (Å²) in [6.07, 6.45) is 1.97. The third-order valence-corrected chi connectivity index (χ3v) is 5.38. The zero-order valence-electron chi connectivity index (χ0n) is 17.1. The van der Waals surface area contributed by atoms with Crippen molar-refractivity contribution in [3.05, 3.63) is 42.2 Å². The van der Waals surface area contributed by atoms with Gasteiger partial charge in [0.05, 0.1) is 5.41 Å². The molecule has 1 fully saturated rings. The molecule has 1 saturated heterocycles. The smallest absolute Gasteiger partial charge is 0.230 e. The van der Waals surface area contributed by atoms with Crippen molar-refractivity contribution in [3.63, 3.8) is 0 Å². The maximum atomic E-state index is 13.2. The van der Waals surface area contributed by atoms with Crippen LogP contribution in [0.5, 0.6) is 0 Å². The average Bonchev–Trinajstić information content (AvgIpc) is 3.15. The lowest BCUT2D eigenvalue weighted by atomic mass is 9.75. The fourth-order valence-electron chi connectivity index (χ4n) is 4.03. The Bertz CT molecular complexity index is 829. The zero-order chi connectivity index (χ0) is 20.3. The number of benzene rings is 1. The molecule has 0 unspecified atom stereocenters. The van der Waals surface area contributed by atoms with Gasteiger partial charge < -0.3 is 14.3 Å². The van der Waals surface area contributed by atoms with Crippen molar-refractivity contribution in [1.82, 2.24) is 15.0 Å². The van der Waals surface area contributed by atoms with Crippen molar-refractivity contribution in [2.24, 2.45) is 11.3 Å². The summed E-state index contributed by atoms with van der Waals surface area (Å²) >= 11 is 0. The minimum absolute atomic E-state index is 0.0337. The topological polar surface area (TPSA) is 66.7 Å². The highest BCUT2D eigenvalue weighted by Crippen LogP contribution is 2.36. The Labute approximate surface area is 166 Å². The number of aromatic nitrogens is 1. The third-order valence-electron chi connectivity index (χ3n) is 5.38. The second-order valence-electron chi connectivity index (χ2n) is 8.22. The molecular formula is C22H29N3O3. The van der Waals surface area contributed by atoms with Gasteiger partial charge in [0.1, 0.15) is 11.5 Å². The highest BCUT2D eigenvalue weighted by Gasteiger charge is 2.45. The van der Waals surface area contributed by atoms with Crippen LogP contribution in [0, 0.1) is 11.3 Å². The van der Waals surface area contributed by atoms with Crippen molar-refractivity contribution < 1.29 is 14.1 Å². The summed E-state index contributed by atoms with van der Waals surface area (Å²) in [6.45, 7) is 4.91. The van der Waals surface area contributed by atoms with Gasteiger partial charge in [0.2, 0.25) is 11.8 Å². The number of piperidine rings is 1. The van der Waals surface area contributed by atoms with Crippen LogP contribution in [0.2, 0.25) is 0 Å². The highest BCUT2D eigenvalue weighted by molar-refractivity contribution is 5.85. The summed E-state index contributed by atoms with van der Waals surface area (Å²) in [6, 6.07) is 11.7. The fourth-order valence-corrected chi connectivity index (χ4v) is 4.03. The molecule has 3 rings (SSSR count). The van der Waals surface area contributed by atoms with E-state index >= 15 is 0 Å². The van der Waals surface area contributed by atoms with Crippen LogP contribution in [0.3, 0.4) is 0 Å². The molecule has 2 heterocycles. The summed E-state index contributed by atoms with van der Waals surface area (Å²) in [4.78, 5) is 29.2. The van der Waals surface area contributed by atoms with Gasteiger partial charge in [0.25, 0.3) is 0 Å². The van der Waals surface area contributed by atoms with Crippen molar-refractivity contribution in [2.75, 3.05) is 27.2 Å². The first-order valence-electron chi connectivity index (χ1n) is 9.84. The largest absolute Gasteiger partial charge is 0.361 e. The monoisotopic (exact) mass is 383 g/mol. The molecule has 6 nitrogen and oxygen atoms in total. The molecule has 1 atom stereocenters. The molecule has 0 N–H and O–H groups in total. The Balaban J connectivity index is 1.88. The van der Waals surface area contributed by atoms with E-state index in [4.69, 9.17) is 4.52 Å². The van der Waals surface area contributed by atoms with Crippen LogP contribution in [-0.2, 0) is 16.0 Å². The number of carbonyl (C=O) groups is 2. The van der Waals surface area contributed by atoms with E-state index in [0.717, 1.165) is 24.1 Å². The van der Waals surface area contributed by atoms with Gasteiger partial charge >= 0.3 is 0 Å². The van der Waals surface area contributed by atoms with Crippen LogP contribution in [0.25, 0.3) is 11.3 Å². The number of amides is 2. The molecule has 0 saturated carbocycles. The van der Waals surface area contributed by atoms with Gasteiger partial charge in [-0.15, -0.1) is 0 Å². The molecule has 2 amide bonds. The van der Waals surface area contributed by atoms with E-state index in [1.807, 2.05) is 55.1 Å². The number of rotatable bonds is 5. The molecule has 1 aromatic carbocycles. The maximum Gasteiger partial charge on any atom is 0.230 e. The Morgan fingerprint density at radius 2 is 1.96 bits per heavy atom. The molecule has 1 aliphatic heterocycles. The van der Waals surface area contributed by atoms with E-state index in [2.05, 4.69) is 5.16 Å². The van der Waals surface area contributed by atoms with Gasteiger partial charge in [-0.05, 0) is 12.8 Å². The summed E-state index contributed by atoms with van der Waals surface area (Å²) in [7, 11) is 3.53. The van der Waals surface area contributed by atoms with E-state index in [-0.39, 0.29) is 17.7 Å². The molecular weight excluding hydrogens is 354 g/mol.